The number of aromatic amines is 1. The first kappa shape index (κ1) is 15.2. The molecule has 12 nitrogen and oxygen atoms in total. The summed E-state index contributed by atoms with van der Waals surface area (Å²) in [6.45, 7) is 0.995. The van der Waals surface area contributed by atoms with Crippen LogP contribution in [0.3, 0.4) is 0 Å². The van der Waals surface area contributed by atoms with Crippen molar-refractivity contribution in [2.45, 2.75) is 25.0 Å². The predicted molar refractivity (Wildman–Crippen MR) is 75.0 cm³/mol. The summed E-state index contributed by atoms with van der Waals surface area (Å²) in [6.07, 6.45) is -0.726. The Morgan fingerprint density at radius 3 is 3.09 bits per heavy atom. The standard InChI is InChI=1S/C11H14N8O4/c1-4-6(21)11(2-20,17-18-13)23-9(4)19-3-14-5-7(19)15-10(12)16-8(5)22/h3-4,6,9,13,20-21H,2H2,1H3,(H2-,12,15,16,22)/p+1/t4-,6-,9+,11+/m0/s1. The number of H-pyrrole nitrogens is 1. The van der Waals surface area contributed by atoms with Crippen molar-refractivity contribution in [3.05, 3.63) is 16.7 Å². The number of imidazole rings is 1. The van der Waals surface area contributed by atoms with E-state index < -0.39 is 36.1 Å². The highest BCUT2D eigenvalue weighted by atomic mass is 16.6. The molecule has 23 heavy (non-hydrogen) atoms. The van der Waals surface area contributed by atoms with E-state index in [0.29, 0.717) is 0 Å². The SMILES string of the molecule is C[C@@H]1[C@H](n2cnc3c(=O)[nH]c(N)nc32)O[C@@](CO)(N=[N+]=N)[C@H]1O. The van der Waals surface area contributed by atoms with Gasteiger partial charge in [-0.3, -0.25) is 14.3 Å². The van der Waals surface area contributed by atoms with Crippen molar-refractivity contribution in [2.75, 3.05) is 12.3 Å². The minimum absolute atomic E-state index is 0.0631. The topological polar surface area (TPSA) is 190 Å². The summed E-state index contributed by atoms with van der Waals surface area (Å²) in [4.78, 5) is 25.0. The second-order valence-electron chi connectivity index (χ2n) is 5.29. The molecular weight excluding hydrogens is 308 g/mol. The molecule has 1 aliphatic rings. The molecule has 1 aliphatic heterocycles. The number of anilines is 1. The quantitative estimate of drug-likeness (QED) is 0.334. The van der Waals surface area contributed by atoms with Crippen LogP contribution in [-0.4, -0.2) is 48.2 Å². The third-order valence-corrected chi connectivity index (χ3v) is 3.91. The van der Waals surface area contributed by atoms with Gasteiger partial charge in [0.05, 0.1) is 6.33 Å². The van der Waals surface area contributed by atoms with E-state index in [1.54, 1.807) is 6.92 Å². The van der Waals surface area contributed by atoms with Crippen molar-refractivity contribution in [1.82, 2.24) is 24.4 Å². The van der Waals surface area contributed by atoms with Crippen molar-refractivity contribution < 1.29 is 14.9 Å². The number of fused-ring (bicyclic) bond motifs is 1. The normalized spacial score (nSPS) is 30.5. The van der Waals surface area contributed by atoms with E-state index in [2.05, 4.69) is 25.0 Å². The number of hydrogen-bond donors (Lipinski definition) is 5. The Bertz CT molecular complexity index is 855. The van der Waals surface area contributed by atoms with Crippen LogP contribution in [0.15, 0.2) is 16.2 Å². The zero-order valence-electron chi connectivity index (χ0n) is 12.0. The lowest BCUT2D eigenvalue weighted by molar-refractivity contribution is -0.126. The average molecular weight is 323 g/mol. The maximum Gasteiger partial charge on any atom is 0.293 e. The van der Waals surface area contributed by atoms with E-state index in [1.807, 2.05) is 0 Å². The number of rotatable bonds is 3. The Morgan fingerprint density at radius 1 is 1.70 bits per heavy atom. The Morgan fingerprint density at radius 2 is 2.43 bits per heavy atom. The van der Waals surface area contributed by atoms with Crippen molar-refractivity contribution in [3.8, 4) is 0 Å². The lowest BCUT2D eigenvalue weighted by Gasteiger charge is -2.18. The number of aromatic nitrogens is 4. The first-order valence-corrected chi connectivity index (χ1v) is 6.71. The lowest BCUT2D eigenvalue weighted by atomic mass is 9.98. The fourth-order valence-corrected chi connectivity index (χ4v) is 2.72. The van der Waals surface area contributed by atoms with Crippen LogP contribution in [0, 0.1) is 11.4 Å². The lowest BCUT2D eigenvalue weighted by Crippen LogP contribution is -2.42. The van der Waals surface area contributed by atoms with Gasteiger partial charge in [-0.25, -0.2) is 4.98 Å². The summed E-state index contributed by atoms with van der Waals surface area (Å²) >= 11 is 0. The smallest absolute Gasteiger partial charge is 0.293 e. The summed E-state index contributed by atoms with van der Waals surface area (Å²) in [6, 6.07) is 0. The van der Waals surface area contributed by atoms with Gasteiger partial charge in [0.15, 0.2) is 16.3 Å². The molecule has 2 aromatic heterocycles. The number of nitrogens with one attached hydrogen (secondary N) is 2. The van der Waals surface area contributed by atoms with Gasteiger partial charge in [-0.05, 0) is 0 Å². The molecule has 0 aromatic carbocycles. The molecule has 0 radical (unpaired) electrons. The number of aliphatic hydroxyl groups excluding tert-OH is 2. The van der Waals surface area contributed by atoms with Crippen molar-refractivity contribution >= 4 is 17.1 Å². The first-order valence-electron chi connectivity index (χ1n) is 6.71. The van der Waals surface area contributed by atoms with E-state index in [1.165, 1.54) is 10.9 Å². The van der Waals surface area contributed by atoms with Gasteiger partial charge in [0.25, 0.3) is 11.3 Å². The highest BCUT2D eigenvalue weighted by Gasteiger charge is 2.58. The van der Waals surface area contributed by atoms with Gasteiger partial charge in [-0.15, -0.1) is 0 Å². The maximum atomic E-state index is 11.8. The van der Waals surface area contributed by atoms with Gasteiger partial charge in [0.1, 0.15) is 24.5 Å². The first-order chi connectivity index (χ1) is 10.9. The van der Waals surface area contributed by atoms with E-state index in [-0.39, 0.29) is 17.1 Å². The van der Waals surface area contributed by atoms with Crippen molar-refractivity contribution in [3.63, 3.8) is 0 Å². The third-order valence-electron chi connectivity index (χ3n) is 3.91. The molecule has 4 atom stereocenters. The van der Waals surface area contributed by atoms with Crippen LogP contribution in [0.2, 0.25) is 0 Å². The summed E-state index contributed by atoms with van der Waals surface area (Å²) in [5, 5.41) is 23.3. The molecule has 0 bridgehead atoms. The minimum atomic E-state index is -1.75. The Labute approximate surface area is 128 Å². The molecule has 0 aliphatic carbocycles. The number of nitrogens with two attached hydrogens (primary N) is 1. The van der Waals surface area contributed by atoms with E-state index in [4.69, 9.17) is 16.0 Å². The number of aliphatic hydroxyl groups is 2. The zero-order valence-corrected chi connectivity index (χ0v) is 12.0. The molecule has 0 amide bonds. The number of nitrogen functional groups attached to an aromatic ring is 1. The van der Waals surface area contributed by atoms with Crippen molar-refractivity contribution in [2.24, 2.45) is 11.0 Å². The summed E-state index contributed by atoms with van der Waals surface area (Å²) in [5.41, 5.74) is 10.4. The van der Waals surface area contributed by atoms with Crippen molar-refractivity contribution in [1.29, 1.82) is 5.53 Å². The number of hydrogen-bond acceptors (Lipinski definition) is 9. The van der Waals surface area contributed by atoms with Crippen LogP contribution >= 0.6 is 0 Å². The number of nitrogens with zero attached hydrogens (tertiary/aromatic N) is 5. The molecule has 1 fully saturated rings. The van der Waals surface area contributed by atoms with Gasteiger partial charge in [0, 0.05) is 5.92 Å². The summed E-state index contributed by atoms with van der Waals surface area (Å²) in [5.74, 6) is -0.637. The Hall–Kier alpha value is -2.66. The molecule has 3 rings (SSSR count). The fraction of sp³-hybridized carbons (Fsp3) is 0.545. The molecular formula is C11H15N8O4+. The van der Waals surface area contributed by atoms with E-state index >= 15 is 0 Å². The van der Waals surface area contributed by atoms with E-state index in [0.717, 1.165) is 0 Å². The van der Waals surface area contributed by atoms with Crippen LogP contribution in [0.4, 0.5) is 5.95 Å². The molecule has 12 heteroatoms. The fourth-order valence-electron chi connectivity index (χ4n) is 2.72. The third kappa shape index (κ3) is 2.12. The largest absolute Gasteiger partial charge is 0.391 e. The van der Waals surface area contributed by atoms with Crippen LogP contribution in [0.25, 0.3) is 11.2 Å². The monoisotopic (exact) mass is 323 g/mol. The number of ether oxygens (including phenoxy) is 1. The van der Waals surface area contributed by atoms with Crippen LogP contribution in [0.5, 0.6) is 0 Å². The van der Waals surface area contributed by atoms with Crippen LogP contribution in [-0.2, 0) is 4.74 Å². The molecule has 1 saturated heterocycles. The van der Waals surface area contributed by atoms with Gasteiger partial charge in [-0.1, -0.05) is 6.92 Å². The van der Waals surface area contributed by atoms with Gasteiger partial charge in [0.2, 0.25) is 10.9 Å². The average Bonchev–Trinajstić information content (AvgIpc) is 3.03. The molecule has 122 valence electrons. The van der Waals surface area contributed by atoms with Gasteiger partial charge < -0.3 is 20.7 Å². The van der Waals surface area contributed by atoms with E-state index in [9.17, 15) is 15.0 Å². The molecule has 6 N–H and O–H groups in total. The highest BCUT2D eigenvalue weighted by Crippen LogP contribution is 2.42. The zero-order chi connectivity index (χ0) is 16.8. The molecule has 3 heterocycles. The molecule has 0 unspecified atom stereocenters. The van der Waals surface area contributed by atoms with Crippen LogP contribution < -0.4 is 16.2 Å². The van der Waals surface area contributed by atoms with Gasteiger partial charge >= 0.3 is 0 Å². The minimum Gasteiger partial charge on any atom is -0.391 e. The highest BCUT2D eigenvalue weighted by molar-refractivity contribution is 5.70. The Balaban J connectivity index is 2.13. The molecule has 0 saturated carbocycles. The molecule has 2 aromatic rings. The predicted octanol–water partition coefficient (Wildman–Crippen LogP) is -1.53. The van der Waals surface area contributed by atoms with Gasteiger partial charge in [-0.2, -0.15) is 4.98 Å². The Kier molecular flexibility index (Phi) is 3.45. The maximum absolute atomic E-state index is 11.8. The second kappa shape index (κ2) is 5.21. The summed E-state index contributed by atoms with van der Waals surface area (Å²) in [7, 11) is 0. The summed E-state index contributed by atoms with van der Waals surface area (Å²) < 4.78 is 7.07. The second-order valence-corrected chi connectivity index (χ2v) is 5.29. The molecule has 0 spiro atoms. The van der Waals surface area contributed by atoms with Crippen LogP contribution in [0.1, 0.15) is 13.2 Å².